The van der Waals surface area contributed by atoms with Crippen molar-refractivity contribution >= 4 is 11.7 Å². The van der Waals surface area contributed by atoms with E-state index in [9.17, 15) is 4.79 Å². The number of esters is 1. The zero-order valence-corrected chi connectivity index (χ0v) is 10.6. The van der Waals surface area contributed by atoms with Gasteiger partial charge in [-0.1, -0.05) is 12.1 Å². The Kier molecular flexibility index (Phi) is 3.61. The molecule has 0 aliphatic carbocycles. The van der Waals surface area contributed by atoms with Crippen molar-refractivity contribution in [1.29, 1.82) is 0 Å². The largest absolute Gasteiger partial charge is 0.481 e. The van der Waals surface area contributed by atoms with Crippen LogP contribution >= 0.6 is 0 Å². The van der Waals surface area contributed by atoms with Gasteiger partial charge in [-0.15, -0.1) is 0 Å². The molecule has 0 saturated carbocycles. The summed E-state index contributed by atoms with van der Waals surface area (Å²) in [6, 6.07) is 8.32. The SMILES string of the molecule is COc1cc(C)nc(C(=O)Oc2ccccc2N)n1. The van der Waals surface area contributed by atoms with Gasteiger partial charge in [0.1, 0.15) is 0 Å². The number of carbonyl (C=O) groups is 1. The Labute approximate surface area is 110 Å². The van der Waals surface area contributed by atoms with Crippen LogP contribution in [0.15, 0.2) is 30.3 Å². The minimum absolute atomic E-state index is 0.0693. The third-order valence-electron chi connectivity index (χ3n) is 2.34. The number of anilines is 1. The van der Waals surface area contributed by atoms with Gasteiger partial charge in [0.2, 0.25) is 11.7 Å². The molecule has 0 bridgehead atoms. The Morgan fingerprint density at radius 3 is 2.68 bits per heavy atom. The third-order valence-corrected chi connectivity index (χ3v) is 2.34. The molecule has 0 fully saturated rings. The molecule has 0 radical (unpaired) electrons. The van der Waals surface area contributed by atoms with Crippen molar-refractivity contribution in [2.45, 2.75) is 6.92 Å². The number of aryl methyl sites for hydroxylation is 1. The number of hydrogen-bond acceptors (Lipinski definition) is 6. The first kappa shape index (κ1) is 12.8. The van der Waals surface area contributed by atoms with Crippen LogP contribution in [0, 0.1) is 6.92 Å². The summed E-state index contributed by atoms with van der Waals surface area (Å²) in [5.41, 5.74) is 6.67. The average Bonchev–Trinajstić information content (AvgIpc) is 2.40. The van der Waals surface area contributed by atoms with E-state index in [1.54, 1.807) is 37.3 Å². The topological polar surface area (TPSA) is 87.3 Å². The van der Waals surface area contributed by atoms with Crippen molar-refractivity contribution in [1.82, 2.24) is 9.97 Å². The van der Waals surface area contributed by atoms with Crippen LogP contribution in [0.3, 0.4) is 0 Å². The number of nitrogens with two attached hydrogens (primary N) is 1. The molecule has 0 amide bonds. The molecule has 0 aliphatic rings. The first-order valence-electron chi connectivity index (χ1n) is 5.56. The fourth-order valence-electron chi connectivity index (χ4n) is 1.45. The molecule has 2 rings (SSSR count). The number of rotatable bonds is 3. The summed E-state index contributed by atoms with van der Waals surface area (Å²) in [5.74, 6) is -0.169. The zero-order valence-electron chi connectivity index (χ0n) is 10.6. The van der Waals surface area contributed by atoms with E-state index in [4.69, 9.17) is 15.2 Å². The number of nitrogen functional groups attached to an aromatic ring is 1. The molecular weight excluding hydrogens is 246 g/mol. The summed E-state index contributed by atoms with van der Waals surface area (Å²) in [4.78, 5) is 19.9. The molecule has 19 heavy (non-hydrogen) atoms. The van der Waals surface area contributed by atoms with E-state index in [0.717, 1.165) is 0 Å². The summed E-state index contributed by atoms with van der Waals surface area (Å²) >= 11 is 0. The Hall–Kier alpha value is -2.63. The van der Waals surface area contributed by atoms with Gasteiger partial charge < -0.3 is 15.2 Å². The van der Waals surface area contributed by atoms with Crippen molar-refractivity contribution in [2.75, 3.05) is 12.8 Å². The van der Waals surface area contributed by atoms with Gasteiger partial charge >= 0.3 is 5.97 Å². The predicted octanol–water partition coefficient (Wildman–Crippen LogP) is 1.60. The summed E-state index contributed by atoms with van der Waals surface area (Å²) in [7, 11) is 1.46. The van der Waals surface area contributed by atoms with E-state index in [-0.39, 0.29) is 11.6 Å². The second-order valence-electron chi connectivity index (χ2n) is 3.80. The molecule has 6 nitrogen and oxygen atoms in total. The van der Waals surface area contributed by atoms with Gasteiger partial charge in [-0.2, -0.15) is 4.98 Å². The van der Waals surface area contributed by atoms with E-state index in [1.807, 2.05) is 0 Å². The van der Waals surface area contributed by atoms with Crippen LogP contribution in [0.1, 0.15) is 16.3 Å². The minimum Gasteiger partial charge on any atom is -0.481 e. The smallest absolute Gasteiger partial charge is 0.381 e. The molecule has 0 aliphatic heterocycles. The van der Waals surface area contributed by atoms with E-state index >= 15 is 0 Å². The third kappa shape index (κ3) is 2.98. The lowest BCUT2D eigenvalue weighted by Gasteiger charge is -2.07. The number of carbonyl (C=O) groups excluding carboxylic acids is 1. The molecule has 6 heteroatoms. The maximum absolute atomic E-state index is 11.9. The fraction of sp³-hybridized carbons (Fsp3) is 0.154. The minimum atomic E-state index is -0.681. The van der Waals surface area contributed by atoms with E-state index in [0.29, 0.717) is 17.3 Å². The molecule has 2 aromatic rings. The second-order valence-corrected chi connectivity index (χ2v) is 3.80. The zero-order chi connectivity index (χ0) is 13.8. The molecule has 2 N–H and O–H groups in total. The summed E-state index contributed by atoms with van der Waals surface area (Å²) < 4.78 is 10.1. The van der Waals surface area contributed by atoms with Gasteiger partial charge in [0, 0.05) is 11.8 Å². The Morgan fingerprint density at radius 2 is 2.00 bits per heavy atom. The Morgan fingerprint density at radius 1 is 1.26 bits per heavy atom. The average molecular weight is 259 g/mol. The van der Waals surface area contributed by atoms with Crippen molar-refractivity contribution in [3.05, 3.63) is 41.9 Å². The monoisotopic (exact) mass is 259 g/mol. The number of aromatic nitrogens is 2. The lowest BCUT2D eigenvalue weighted by molar-refractivity contribution is 0.0721. The number of methoxy groups -OCH3 is 1. The summed E-state index contributed by atoms with van der Waals surface area (Å²) in [6.07, 6.45) is 0. The van der Waals surface area contributed by atoms with Gasteiger partial charge in [-0.25, -0.2) is 9.78 Å². The summed E-state index contributed by atoms with van der Waals surface area (Å²) in [5, 5.41) is 0. The lowest BCUT2D eigenvalue weighted by atomic mass is 10.3. The maximum atomic E-state index is 11.9. The number of ether oxygens (including phenoxy) is 2. The highest BCUT2D eigenvalue weighted by Crippen LogP contribution is 2.21. The highest BCUT2D eigenvalue weighted by atomic mass is 16.5. The van der Waals surface area contributed by atoms with Crippen molar-refractivity contribution in [3.8, 4) is 11.6 Å². The Bertz CT molecular complexity index is 614. The normalized spacial score (nSPS) is 10.0. The number of hydrogen-bond donors (Lipinski definition) is 1. The van der Waals surface area contributed by atoms with Crippen LogP contribution < -0.4 is 15.2 Å². The first-order chi connectivity index (χ1) is 9.10. The lowest BCUT2D eigenvalue weighted by Crippen LogP contribution is -2.14. The van der Waals surface area contributed by atoms with Gasteiger partial charge in [-0.3, -0.25) is 0 Å². The quantitative estimate of drug-likeness (QED) is 0.511. The van der Waals surface area contributed by atoms with Crippen LogP contribution in [-0.4, -0.2) is 23.0 Å². The number of benzene rings is 1. The van der Waals surface area contributed by atoms with Crippen molar-refractivity contribution in [3.63, 3.8) is 0 Å². The van der Waals surface area contributed by atoms with E-state index in [1.165, 1.54) is 7.11 Å². The number of para-hydroxylation sites is 2. The molecule has 0 atom stereocenters. The molecule has 1 aromatic carbocycles. The van der Waals surface area contributed by atoms with Crippen molar-refractivity contribution in [2.24, 2.45) is 0 Å². The van der Waals surface area contributed by atoms with Crippen LogP contribution in [0.4, 0.5) is 5.69 Å². The van der Waals surface area contributed by atoms with Gasteiger partial charge in [0.25, 0.3) is 0 Å². The highest BCUT2D eigenvalue weighted by Gasteiger charge is 2.15. The summed E-state index contributed by atoms with van der Waals surface area (Å²) in [6.45, 7) is 1.73. The van der Waals surface area contributed by atoms with Crippen LogP contribution in [0.25, 0.3) is 0 Å². The standard InChI is InChI=1S/C13H13N3O3/c1-8-7-11(18-2)16-12(15-8)13(17)19-10-6-4-3-5-9(10)14/h3-7H,14H2,1-2H3. The number of nitrogens with zero attached hydrogens (tertiary/aromatic N) is 2. The predicted molar refractivity (Wildman–Crippen MR) is 69.1 cm³/mol. The molecule has 1 heterocycles. The van der Waals surface area contributed by atoms with E-state index < -0.39 is 5.97 Å². The maximum Gasteiger partial charge on any atom is 0.381 e. The molecule has 1 aromatic heterocycles. The highest BCUT2D eigenvalue weighted by molar-refractivity contribution is 5.88. The molecule has 0 unspecified atom stereocenters. The van der Waals surface area contributed by atoms with Crippen molar-refractivity contribution < 1.29 is 14.3 Å². The molecule has 0 saturated heterocycles. The van der Waals surface area contributed by atoms with Crippen LogP contribution in [0.5, 0.6) is 11.6 Å². The second kappa shape index (κ2) is 5.34. The molecular formula is C13H13N3O3. The van der Waals surface area contributed by atoms with Crippen LogP contribution in [-0.2, 0) is 0 Å². The van der Waals surface area contributed by atoms with E-state index in [2.05, 4.69) is 9.97 Å². The van der Waals surface area contributed by atoms with Gasteiger partial charge in [0.05, 0.1) is 12.8 Å². The first-order valence-corrected chi connectivity index (χ1v) is 5.56. The Balaban J connectivity index is 2.25. The van der Waals surface area contributed by atoms with Gasteiger partial charge in [0.15, 0.2) is 5.75 Å². The molecule has 98 valence electrons. The van der Waals surface area contributed by atoms with Crippen LogP contribution in [0.2, 0.25) is 0 Å². The van der Waals surface area contributed by atoms with Gasteiger partial charge in [-0.05, 0) is 19.1 Å². The molecule has 0 spiro atoms. The fourth-order valence-corrected chi connectivity index (χ4v) is 1.45.